The fourth-order valence-corrected chi connectivity index (χ4v) is 1.91. The van der Waals surface area contributed by atoms with E-state index in [1.807, 2.05) is 0 Å². The molecule has 0 heterocycles. The molecule has 0 aliphatic rings. The van der Waals surface area contributed by atoms with E-state index in [0.717, 1.165) is 17.8 Å². The first-order valence-electron chi connectivity index (χ1n) is 4.70. The second-order valence-corrected chi connectivity index (χ2v) is 4.85. The lowest BCUT2D eigenvalue weighted by Gasteiger charge is -2.14. The van der Waals surface area contributed by atoms with Gasteiger partial charge in [-0.1, -0.05) is 6.92 Å². The van der Waals surface area contributed by atoms with E-state index in [1.54, 1.807) is 13.8 Å². The topological polar surface area (TPSA) is 63.4 Å². The normalized spacial score (nSPS) is 14.5. The number of halogens is 1. The molecule has 16 heavy (non-hydrogen) atoms. The van der Waals surface area contributed by atoms with Crippen molar-refractivity contribution in [1.29, 1.82) is 0 Å². The van der Waals surface area contributed by atoms with Crippen LogP contribution in [0.15, 0.2) is 23.1 Å². The van der Waals surface area contributed by atoms with Crippen molar-refractivity contribution >= 4 is 17.4 Å². The number of benzene rings is 1. The van der Waals surface area contributed by atoms with E-state index in [4.69, 9.17) is 0 Å². The van der Waals surface area contributed by atoms with Crippen LogP contribution in [-0.4, -0.2) is 21.4 Å². The Hall–Kier alpha value is -1.14. The summed E-state index contributed by atoms with van der Waals surface area (Å²) < 4.78 is 13.4. The summed E-state index contributed by atoms with van der Waals surface area (Å²) >= 11 is 1.15. The lowest BCUT2D eigenvalue weighted by atomic mass is 10.3. The van der Waals surface area contributed by atoms with Crippen molar-refractivity contribution in [3.8, 4) is 0 Å². The highest BCUT2D eigenvalue weighted by molar-refractivity contribution is 8.00. The summed E-state index contributed by atoms with van der Waals surface area (Å²) in [5, 5.41) is 19.5. The molecule has 1 rings (SSSR count). The fourth-order valence-electron chi connectivity index (χ4n) is 0.998. The van der Waals surface area contributed by atoms with Crippen LogP contribution in [0.1, 0.15) is 13.8 Å². The molecular formula is C10H12FNO3S. The Morgan fingerprint density at radius 1 is 1.50 bits per heavy atom. The summed E-state index contributed by atoms with van der Waals surface area (Å²) in [6, 6.07) is 3.49. The second kappa shape index (κ2) is 5.27. The van der Waals surface area contributed by atoms with Crippen molar-refractivity contribution < 1.29 is 14.4 Å². The lowest BCUT2D eigenvalue weighted by Crippen LogP contribution is -2.15. The number of hydrogen-bond donors (Lipinski definition) is 1. The first-order chi connectivity index (χ1) is 7.41. The van der Waals surface area contributed by atoms with E-state index in [9.17, 15) is 19.6 Å². The third-order valence-corrected chi connectivity index (χ3v) is 3.47. The largest absolute Gasteiger partial charge is 0.392 e. The second-order valence-electron chi connectivity index (χ2n) is 3.44. The standard InChI is InChI=1S/C10H12FNO3S/c1-6(13)7(2)16-10-4-3-8(12(14)15)5-9(10)11/h3-7,13H,1-2H3. The Kier molecular flexibility index (Phi) is 4.26. The zero-order valence-corrected chi connectivity index (χ0v) is 9.70. The molecule has 2 atom stereocenters. The minimum absolute atomic E-state index is 0.170. The lowest BCUT2D eigenvalue weighted by molar-refractivity contribution is -0.385. The highest BCUT2D eigenvalue weighted by atomic mass is 32.2. The van der Waals surface area contributed by atoms with Crippen molar-refractivity contribution in [3.63, 3.8) is 0 Å². The van der Waals surface area contributed by atoms with Crippen molar-refractivity contribution in [2.45, 2.75) is 30.1 Å². The maximum Gasteiger partial charge on any atom is 0.272 e. The van der Waals surface area contributed by atoms with Gasteiger partial charge in [-0.3, -0.25) is 10.1 Å². The van der Waals surface area contributed by atoms with Gasteiger partial charge in [0.15, 0.2) is 0 Å². The molecule has 0 radical (unpaired) electrons. The smallest absolute Gasteiger partial charge is 0.272 e. The van der Waals surface area contributed by atoms with Gasteiger partial charge in [0.2, 0.25) is 0 Å². The van der Waals surface area contributed by atoms with Crippen molar-refractivity contribution in [2.75, 3.05) is 0 Å². The number of nitrogens with zero attached hydrogens (tertiary/aromatic N) is 1. The average molecular weight is 245 g/mol. The molecule has 0 spiro atoms. The minimum Gasteiger partial charge on any atom is -0.392 e. The molecule has 6 heteroatoms. The van der Waals surface area contributed by atoms with Gasteiger partial charge < -0.3 is 5.11 Å². The van der Waals surface area contributed by atoms with E-state index >= 15 is 0 Å². The van der Waals surface area contributed by atoms with Crippen LogP contribution in [0.3, 0.4) is 0 Å². The number of aliphatic hydroxyl groups is 1. The number of aliphatic hydroxyl groups excluding tert-OH is 1. The molecule has 0 aliphatic heterocycles. The molecule has 2 unspecified atom stereocenters. The average Bonchev–Trinajstić information content (AvgIpc) is 2.20. The molecule has 0 saturated heterocycles. The quantitative estimate of drug-likeness (QED) is 0.503. The highest BCUT2D eigenvalue weighted by Crippen LogP contribution is 2.29. The first kappa shape index (κ1) is 12.9. The summed E-state index contributed by atoms with van der Waals surface area (Å²) in [5.41, 5.74) is -0.272. The molecule has 4 nitrogen and oxygen atoms in total. The van der Waals surface area contributed by atoms with Crippen LogP contribution in [0, 0.1) is 15.9 Å². The van der Waals surface area contributed by atoms with Crippen LogP contribution < -0.4 is 0 Å². The molecule has 0 aliphatic carbocycles. The van der Waals surface area contributed by atoms with Crippen LogP contribution in [-0.2, 0) is 0 Å². The molecule has 88 valence electrons. The third-order valence-electron chi connectivity index (χ3n) is 2.12. The SMILES string of the molecule is CC(O)C(C)Sc1ccc([N+](=O)[O-])cc1F. The fraction of sp³-hybridized carbons (Fsp3) is 0.400. The first-order valence-corrected chi connectivity index (χ1v) is 5.58. The predicted molar refractivity (Wildman–Crippen MR) is 60.1 cm³/mol. The Morgan fingerprint density at radius 3 is 2.56 bits per heavy atom. The summed E-state index contributed by atoms with van der Waals surface area (Å²) in [7, 11) is 0. The summed E-state index contributed by atoms with van der Waals surface area (Å²) in [5.74, 6) is -0.633. The van der Waals surface area contributed by atoms with Gasteiger partial charge in [-0.2, -0.15) is 0 Å². The van der Waals surface area contributed by atoms with E-state index in [0.29, 0.717) is 4.90 Å². The number of hydrogen-bond acceptors (Lipinski definition) is 4. The molecule has 0 saturated carbocycles. The van der Waals surface area contributed by atoms with Gasteiger partial charge in [0.25, 0.3) is 5.69 Å². The Bertz CT molecular complexity index is 398. The van der Waals surface area contributed by atoms with E-state index in [2.05, 4.69) is 0 Å². The van der Waals surface area contributed by atoms with Crippen LogP contribution in [0.4, 0.5) is 10.1 Å². The van der Waals surface area contributed by atoms with Crippen LogP contribution in [0.25, 0.3) is 0 Å². The summed E-state index contributed by atoms with van der Waals surface area (Å²) in [4.78, 5) is 10.0. The van der Waals surface area contributed by atoms with E-state index in [-0.39, 0.29) is 10.9 Å². The van der Waals surface area contributed by atoms with Crippen molar-refractivity contribution in [1.82, 2.24) is 0 Å². The van der Waals surface area contributed by atoms with Gasteiger partial charge >= 0.3 is 0 Å². The predicted octanol–water partition coefficient (Wildman–Crippen LogP) is 2.60. The van der Waals surface area contributed by atoms with Gasteiger partial charge in [0, 0.05) is 16.2 Å². The molecule has 1 aromatic rings. The number of nitro benzene ring substituents is 1. The Balaban J connectivity index is 2.87. The van der Waals surface area contributed by atoms with Crippen molar-refractivity contribution in [2.24, 2.45) is 0 Å². The Labute approximate surface area is 96.6 Å². The third kappa shape index (κ3) is 3.18. The maximum absolute atomic E-state index is 13.4. The highest BCUT2D eigenvalue weighted by Gasteiger charge is 2.15. The zero-order valence-electron chi connectivity index (χ0n) is 8.88. The number of thioether (sulfide) groups is 1. The minimum atomic E-state index is -0.643. The van der Waals surface area contributed by atoms with E-state index < -0.39 is 16.8 Å². The molecule has 0 bridgehead atoms. The van der Waals surface area contributed by atoms with Crippen LogP contribution >= 0.6 is 11.8 Å². The molecular weight excluding hydrogens is 233 g/mol. The molecule has 0 amide bonds. The number of non-ortho nitro benzene ring substituents is 1. The maximum atomic E-state index is 13.4. The van der Waals surface area contributed by atoms with Crippen molar-refractivity contribution in [3.05, 3.63) is 34.1 Å². The van der Waals surface area contributed by atoms with Gasteiger partial charge in [0.1, 0.15) is 5.82 Å². The van der Waals surface area contributed by atoms with Gasteiger partial charge in [-0.25, -0.2) is 4.39 Å². The van der Waals surface area contributed by atoms with Gasteiger partial charge in [-0.05, 0) is 13.0 Å². The monoisotopic (exact) mass is 245 g/mol. The molecule has 1 aromatic carbocycles. The number of rotatable bonds is 4. The Morgan fingerprint density at radius 2 is 2.12 bits per heavy atom. The van der Waals surface area contributed by atoms with Crippen LogP contribution in [0.5, 0.6) is 0 Å². The van der Waals surface area contributed by atoms with Gasteiger partial charge in [0.05, 0.1) is 17.1 Å². The molecule has 1 N–H and O–H groups in total. The molecule has 0 aromatic heterocycles. The number of nitro groups is 1. The van der Waals surface area contributed by atoms with Gasteiger partial charge in [-0.15, -0.1) is 11.8 Å². The summed E-state index contributed by atoms with van der Waals surface area (Å²) in [6.45, 7) is 3.37. The zero-order chi connectivity index (χ0) is 12.3. The van der Waals surface area contributed by atoms with E-state index in [1.165, 1.54) is 12.1 Å². The molecule has 0 fully saturated rings. The van der Waals surface area contributed by atoms with Crippen LogP contribution in [0.2, 0.25) is 0 Å². The summed E-state index contributed by atoms with van der Waals surface area (Å²) in [6.07, 6.45) is -0.570.